The van der Waals surface area contributed by atoms with Crippen LogP contribution in [0.1, 0.15) is 10.4 Å². The Kier molecular flexibility index (Phi) is 5.84. The smallest absolute Gasteiger partial charge is 0.257 e. The van der Waals surface area contributed by atoms with Crippen LogP contribution in [0, 0.1) is 0 Å². The van der Waals surface area contributed by atoms with Crippen LogP contribution in [-0.4, -0.2) is 25.1 Å². The lowest BCUT2D eigenvalue weighted by molar-refractivity contribution is 0.0977. The standard InChI is InChI=1S/C22H21N3OS/c1-25(2)20-15-9-7-13-18(20)17-12-6-8-14-19(17)23-22(27)24-21(26)16-10-4-3-5-11-16/h3-15H,1-2H3,(H2,23,24,26,27). The van der Waals surface area contributed by atoms with Crippen molar-refractivity contribution in [3.05, 3.63) is 84.4 Å². The third-order valence-electron chi connectivity index (χ3n) is 4.11. The van der Waals surface area contributed by atoms with Crippen LogP contribution in [0.15, 0.2) is 78.9 Å². The number of amides is 1. The Hall–Kier alpha value is -3.18. The minimum Gasteiger partial charge on any atom is -0.377 e. The van der Waals surface area contributed by atoms with Crippen molar-refractivity contribution in [1.29, 1.82) is 0 Å². The largest absolute Gasteiger partial charge is 0.377 e. The number of carbonyl (C=O) groups is 1. The van der Waals surface area contributed by atoms with E-state index in [2.05, 4.69) is 27.7 Å². The summed E-state index contributed by atoms with van der Waals surface area (Å²) in [5, 5.41) is 6.15. The van der Waals surface area contributed by atoms with Gasteiger partial charge in [0.25, 0.3) is 5.91 Å². The van der Waals surface area contributed by atoms with E-state index in [0.717, 1.165) is 22.5 Å². The van der Waals surface area contributed by atoms with E-state index in [-0.39, 0.29) is 11.0 Å². The fraction of sp³-hybridized carbons (Fsp3) is 0.0909. The van der Waals surface area contributed by atoms with Crippen LogP contribution >= 0.6 is 12.2 Å². The number of rotatable bonds is 4. The molecule has 3 rings (SSSR count). The average Bonchev–Trinajstić information content (AvgIpc) is 2.69. The third kappa shape index (κ3) is 4.51. The maximum absolute atomic E-state index is 12.3. The molecule has 0 unspecified atom stereocenters. The van der Waals surface area contributed by atoms with Crippen molar-refractivity contribution in [1.82, 2.24) is 5.32 Å². The van der Waals surface area contributed by atoms with Gasteiger partial charge in [0.15, 0.2) is 5.11 Å². The molecule has 0 aliphatic rings. The topological polar surface area (TPSA) is 44.4 Å². The number of carbonyl (C=O) groups excluding carboxylic acids is 1. The van der Waals surface area contributed by atoms with E-state index in [1.807, 2.05) is 68.7 Å². The molecule has 0 aliphatic carbocycles. The number of anilines is 2. The molecule has 4 nitrogen and oxygen atoms in total. The van der Waals surface area contributed by atoms with Gasteiger partial charge in [-0.2, -0.15) is 0 Å². The SMILES string of the molecule is CN(C)c1ccccc1-c1ccccc1NC(=S)NC(=O)c1ccccc1. The summed E-state index contributed by atoms with van der Waals surface area (Å²) >= 11 is 5.35. The number of nitrogens with one attached hydrogen (secondary N) is 2. The molecule has 0 radical (unpaired) electrons. The van der Waals surface area contributed by atoms with E-state index in [9.17, 15) is 4.79 Å². The average molecular weight is 375 g/mol. The number of hydrogen-bond donors (Lipinski definition) is 2. The molecule has 0 fully saturated rings. The highest BCUT2D eigenvalue weighted by atomic mass is 32.1. The summed E-state index contributed by atoms with van der Waals surface area (Å²) in [7, 11) is 4.03. The predicted molar refractivity (Wildman–Crippen MR) is 116 cm³/mol. The van der Waals surface area contributed by atoms with E-state index >= 15 is 0 Å². The summed E-state index contributed by atoms with van der Waals surface area (Å²) in [6.45, 7) is 0. The van der Waals surface area contributed by atoms with E-state index in [1.165, 1.54) is 0 Å². The van der Waals surface area contributed by atoms with Crippen LogP contribution in [-0.2, 0) is 0 Å². The molecule has 0 atom stereocenters. The summed E-state index contributed by atoms with van der Waals surface area (Å²) in [6.07, 6.45) is 0. The van der Waals surface area contributed by atoms with Gasteiger partial charge in [0.2, 0.25) is 0 Å². The molecule has 0 heterocycles. The van der Waals surface area contributed by atoms with Gasteiger partial charge >= 0.3 is 0 Å². The molecule has 27 heavy (non-hydrogen) atoms. The maximum Gasteiger partial charge on any atom is 0.257 e. The summed E-state index contributed by atoms with van der Waals surface area (Å²) in [4.78, 5) is 14.4. The van der Waals surface area contributed by atoms with Crippen molar-refractivity contribution in [2.24, 2.45) is 0 Å². The van der Waals surface area contributed by atoms with Crippen LogP contribution in [0.25, 0.3) is 11.1 Å². The van der Waals surface area contributed by atoms with Crippen LogP contribution in [0.3, 0.4) is 0 Å². The van der Waals surface area contributed by atoms with Crippen molar-refractivity contribution in [3.63, 3.8) is 0 Å². The van der Waals surface area contributed by atoms with Gasteiger partial charge in [0.1, 0.15) is 0 Å². The fourth-order valence-corrected chi connectivity index (χ4v) is 3.04. The molecule has 0 spiro atoms. The van der Waals surface area contributed by atoms with Crippen LogP contribution in [0.2, 0.25) is 0 Å². The molecular formula is C22H21N3OS. The van der Waals surface area contributed by atoms with Gasteiger partial charge in [-0.05, 0) is 36.5 Å². The number of benzene rings is 3. The van der Waals surface area contributed by atoms with Crippen LogP contribution in [0.5, 0.6) is 0 Å². The lowest BCUT2D eigenvalue weighted by Gasteiger charge is -2.20. The van der Waals surface area contributed by atoms with Gasteiger partial charge < -0.3 is 10.2 Å². The summed E-state index contributed by atoms with van der Waals surface area (Å²) in [5.41, 5.74) is 4.60. The minimum atomic E-state index is -0.237. The molecule has 3 aromatic carbocycles. The monoisotopic (exact) mass is 375 g/mol. The first-order valence-electron chi connectivity index (χ1n) is 8.59. The predicted octanol–water partition coefficient (Wildman–Crippen LogP) is 4.55. The quantitative estimate of drug-likeness (QED) is 0.657. The first-order valence-corrected chi connectivity index (χ1v) is 9.00. The van der Waals surface area contributed by atoms with Crippen LogP contribution < -0.4 is 15.5 Å². The highest BCUT2D eigenvalue weighted by Gasteiger charge is 2.12. The van der Waals surface area contributed by atoms with Crippen molar-refractivity contribution >= 4 is 34.6 Å². The Morgan fingerprint density at radius 3 is 2.11 bits per heavy atom. The number of thiocarbonyl (C=S) groups is 1. The Morgan fingerprint density at radius 2 is 1.41 bits per heavy atom. The van der Waals surface area contributed by atoms with E-state index < -0.39 is 0 Å². The van der Waals surface area contributed by atoms with E-state index in [1.54, 1.807) is 12.1 Å². The second-order valence-corrected chi connectivity index (χ2v) is 6.64. The molecule has 1 amide bonds. The van der Waals surface area contributed by atoms with Crippen LogP contribution in [0.4, 0.5) is 11.4 Å². The first-order chi connectivity index (χ1) is 13.1. The van der Waals surface area contributed by atoms with Crippen molar-refractivity contribution in [2.45, 2.75) is 0 Å². The third-order valence-corrected chi connectivity index (χ3v) is 4.32. The van der Waals surface area contributed by atoms with Crippen molar-refractivity contribution < 1.29 is 4.79 Å². The molecular weight excluding hydrogens is 354 g/mol. The molecule has 0 bridgehead atoms. The Labute approximate surface area is 164 Å². The Morgan fingerprint density at radius 1 is 0.815 bits per heavy atom. The molecule has 3 aromatic rings. The number of hydrogen-bond acceptors (Lipinski definition) is 3. The van der Waals surface area contributed by atoms with E-state index in [4.69, 9.17) is 12.2 Å². The Bertz CT molecular complexity index is 955. The second kappa shape index (κ2) is 8.47. The van der Waals surface area contributed by atoms with Gasteiger partial charge in [-0.1, -0.05) is 54.6 Å². The van der Waals surface area contributed by atoms with E-state index in [0.29, 0.717) is 5.56 Å². The van der Waals surface area contributed by atoms with Gasteiger partial charge in [0.05, 0.1) is 0 Å². The first kappa shape index (κ1) is 18.6. The lowest BCUT2D eigenvalue weighted by Crippen LogP contribution is -2.34. The van der Waals surface area contributed by atoms with Crippen molar-refractivity contribution in [2.75, 3.05) is 24.3 Å². The lowest BCUT2D eigenvalue weighted by atomic mass is 10.0. The normalized spacial score (nSPS) is 10.1. The molecule has 0 aliphatic heterocycles. The van der Waals surface area contributed by atoms with Gasteiger partial charge in [-0.25, -0.2) is 0 Å². The molecule has 2 N–H and O–H groups in total. The second-order valence-electron chi connectivity index (χ2n) is 6.23. The Balaban J connectivity index is 1.83. The highest BCUT2D eigenvalue weighted by molar-refractivity contribution is 7.80. The van der Waals surface area contributed by atoms with Gasteiger partial charge in [0, 0.05) is 42.2 Å². The summed E-state index contributed by atoms with van der Waals surface area (Å²) < 4.78 is 0. The zero-order valence-electron chi connectivity index (χ0n) is 15.3. The fourth-order valence-electron chi connectivity index (χ4n) is 2.84. The molecule has 0 saturated carbocycles. The number of nitrogens with zero attached hydrogens (tertiary/aromatic N) is 1. The molecule has 136 valence electrons. The summed E-state index contributed by atoms with van der Waals surface area (Å²) in [6, 6.07) is 25.1. The molecule has 0 saturated heterocycles. The van der Waals surface area contributed by atoms with Gasteiger partial charge in [-0.3, -0.25) is 10.1 Å². The van der Waals surface area contributed by atoms with Gasteiger partial charge in [-0.15, -0.1) is 0 Å². The zero-order chi connectivity index (χ0) is 19.2. The summed E-state index contributed by atoms with van der Waals surface area (Å²) in [5.74, 6) is -0.237. The highest BCUT2D eigenvalue weighted by Crippen LogP contribution is 2.34. The van der Waals surface area contributed by atoms with Crippen molar-refractivity contribution in [3.8, 4) is 11.1 Å². The number of para-hydroxylation sites is 2. The minimum absolute atomic E-state index is 0.237. The molecule has 5 heteroatoms. The maximum atomic E-state index is 12.3. The zero-order valence-corrected chi connectivity index (χ0v) is 16.1. The molecule has 0 aromatic heterocycles.